The number of rotatable bonds is 3. The topological polar surface area (TPSA) is 80.5 Å². The van der Waals surface area contributed by atoms with Gasteiger partial charge in [-0.3, -0.25) is 0 Å². The van der Waals surface area contributed by atoms with Crippen molar-refractivity contribution in [3.63, 3.8) is 0 Å². The van der Waals surface area contributed by atoms with Gasteiger partial charge in [0.15, 0.2) is 0 Å². The van der Waals surface area contributed by atoms with Crippen molar-refractivity contribution >= 4 is 11.7 Å². The highest BCUT2D eigenvalue weighted by Crippen LogP contribution is 2.37. The number of benzene rings is 1. The van der Waals surface area contributed by atoms with Crippen LogP contribution in [0.15, 0.2) is 28.8 Å². The van der Waals surface area contributed by atoms with Crippen LogP contribution in [0.1, 0.15) is 18.7 Å². The number of aryl methyl sites for hydroxylation is 1. The van der Waals surface area contributed by atoms with E-state index >= 15 is 0 Å². The van der Waals surface area contributed by atoms with Crippen LogP contribution in [0.25, 0.3) is 11.4 Å². The minimum atomic E-state index is -0.0946. The van der Waals surface area contributed by atoms with E-state index in [1.807, 2.05) is 29.2 Å². The van der Waals surface area contributed by atoms with Gasteiger partial charge in [0.05, 0.1) is 24.9 Å². The van der Waals surface area contributed by atoms with Crippen molar-refractivity contribution < 1.29 is 14.1 Å². The lowest BCUT2D eigenvalue weighted by atomic mass is 10.1. The molecule has 2 fully saturated rings. The molecule has 2 aromatic rings. The predicted molar refractivity (Wildman–Crippen MR) is 87.5 cm³/mol. The lowest BCUT2D eigenvalue weighted by Crippen LogP contribution is -2.51. The number of hydrogen-bond acceptors (Lipinski definition) is 5. The van der Waals surface area contributed by atoms with Crippen LogP contribution in [-0.2, 0) is 4.74 Å². The second-order valence-electron chi connectivity index (χ2n) is 6.29. The standard InChI is InChI=1S/C17H20N4O3/c1-11-18-16(20-24-11)13-4-2-3-5-14(13)19-17(22)21-8-9-23-10-15(21)12-6-7-12/h2-5,12,15H,6-10H2,1H3,(H,19,22). The Morgan fingerprint density at radius 3 is 2.92 bits per heavy atom. The van der Waals surface area contributed by atoms with Crippen LogP contribution in [0.4, 0.5) is 10.5 Å². The van der Waals surface area contributed by atoms with E-state index in [9.17, 15) is 4.79 Å². The van der Waals surface area contributed by atoms with E-state index in [2.05, 4.69) is 15.5 Å². The van der Waals surface area contributed by atoms with Crippen molar-refractivity contribution in [1.29, 1.82) is 0 Å². The van der Waals surface area contributed by atoms with Crippen molar-refractivity contribution in [1.82, 2.24) is 15.0 Å². The van der Waals surface area contributed by atoms with Crippen LogP contribution < -0.4 is 5.32 Å². The SMILES string of the molecule is Cc1nc(-c2ccccc2NC(=O)N2CCOCC2C2CC2)no1. The number of morpholine rings is 1. The number of carbonyl (C=O) groups excluding carboxylic acids is 1. The second kappa shape index (κ2) is 6.24. The van der Waals surface area contributed by atoms with E-state index in [0.29, 0.717) is 43.1 Å². The zero-order valence-corrected chi connectivity index (χ0v) is 13.6. The van der Waals surface area contributed by atoms with Gasteiger partial charge in [0.1, 0.15) is 0 Å². The minimum Gasteiger partial charge on any atom is -0.377 e. The Morgan fingerprint density at radius 2 is 2.17 bits per heavy atom. The molecule has 1 N–H and O–H groups in total. The Labute approximate surface area is 140 Å². The van der Waals surface area contributed by atoms with Crippen LogP contribution in [0.2, 0.25) is 0 Å². The summed E-state index contributed by atoms with van der Waals surface area (Å²) in [7, 11) is 0. The molecule has 4 rings (SSSR count). The molecule has 0 spiro atoms. The lowest BCUT2D eigenvalue weighted by molar-refractivity contribution is 0.00773. The molecule has 2 amide bonds. The average Bonchev–Trinajstić information content (AvgIpc) is 3.36. The van der Waals surface area contributed by atoms with Gasteiger partial charge in [-0.15, -0.1) is 0 Å². The molecule has 1 aromatic heterocycles. The molecular formula is C17H20N4O3. The van der Waals surface area contributed by atoms with Crippen LogP contribution in [-0.4, -0.2) is 46.9 Å². The summed E-state index contributed by atoms with van der Waals surface area (Å²) in [6, 6.07) is 7.58. The highest BCUT2D eigenvalue weighted by molar-refractivity contribution is 5.93. The molecule has 0 radical (unpaired) electrons. The number of amides is 2. The summed E-state index contributed by atoms with van der Waals surface area (Å²) in [6.07, 6.45) is 2.35. The average molecular weight is 328 g/mol. The molecule has 2 aliphatic rings. The van der Waals surface area contributed by atoms with Gasteiger partial charge < -0.3 is 19.5 Å². The first-order valence-corrected chi connectivity index (χ1v) is 8.27. The van der Waals surface area contributed by atoms with Gasteiger partial charge in [-0.1, -0.05) is 17.3 Å². The molecule has 126 valence electrons. The number of hydrogen-bond donors (Lipinski definition) is 1. The number of nitrogens with zero attached hydrogens (tertiary/aromatic N) is 3. The van der Waals surface area contributed by atoms with Crippen molar-refractivity contribution in [2.75, 3.05) is 25.1 Å². The van der Waals surface area contributed by atoms with Crippen LogP contribution >= 0.6 is 0 Å². The Bertz CT molecular complexity index is 741. The van der Waals surface area contributed by atoms with Gasteiger partial charge >= 0.3 is 6.03 Å². The van der Waals surface area contributed by atoms with Gasteiger partial charge in [0, 0.05) is 19.0 Å². The summed E-state index contributed by atoms with van der Waals surface area (Å²) in [5.41, 5.74) is 1.43. The van der Waals surface area contributed by atoms with E-state index < -0.39 is 0 Å². The fourth-order valence-corrected chi connectivity index (χ4v) is 3.13. The van der Waals surface area contributed by atoms with Crippen LogP contribution in [0.3, 0.4) is 0 Å². The summed E-state index contributed by atoms with van der Waals surface area (Å²) in [5, 5.41) is 6.96. The molecule has 1 aromatic carbocycles. The predicted octanol–water partition coefficient (Wildman–Crippen LogP) is 2.69. The molecule has 1 aliphatic carbocycles. The van der Waals surface area contributed by atoms with Crippen LogP contribution in [0.5, 0.6) is 0 Å². The highest BCUT2D eigenvalue weighted by atomic mass is 16.5. The van der Waals surface area contributed by atoms with Gasteiger partial charge in [-0.2, -0.15) is 4.98 Å². The monoisotopic (exact) mass is 328 g/mol. The summed E-state index contributed by atoms with van der Waals surface area (Å²) < 4.78 is 10.6. The van der Waals surface area contributed by atoms with Crippen LogP contribution in [0, 0.1) is 12.8 Å². The lowest BCUT2D eigenvalue weighted by Gasteiger charge is -2.35. The Balaban J connectivity index is 1.55. The third-order valence-electron chi connectivity index (χ3n) is 4.53. The third kappa shape index (κ3) is 2.99. The normalized spacial score (nSPS) is 20.9. The fraction of sp³-hybridized carbons (Fsp3) is 0.471. The summed E-state index contributed by atoms with van der Waals surface area (Å²) >= 11 is 0. The molecule has 0 bridgehead atoms. The zero-order chi connectivity index (χ0) is 16.5. The Morgan fingerprint density at radius 1 is 1.33 bits per heavy atom. The van der Waals surface area contributed by atoms with E-state index in [-0.39, 0.29) is 12.1 Å². The van der Waals surface area contributed by atoms with E-state index in [0.717, 1.165) is 5.56 Å². The van der Waals surface area contributed by atoms with E-state index in [1.54, 1.807) is 6.92 Å². The number of anilines is 1. The third-order valence-corrected chi connectivity index (χ3v) is 4.53. The Hall–Kier alpha value is -2.41. The van der Waals surface area contributed by atoms with E-state index in [1.165, 1.54) is 12.8 Å². The maximum atomic E-state index is 12.8. The molecule has 1 saturated heterocycles. The number of nitrogens with one attached hydrogen (secondary N) is 1. The number of urea groups is 1. The molecule has 7 heteroatoms. The number of carbonyl (C=O) groups is 1. The molecule has 1 atom stereocenters. The molecule has 1 aliphatic heterocycles. The largest absolute Gasteiger partial charge is 0.377 e. The van der Waals surface area contributed by atoms with Gasteiger partial charge in [0.2, 0.25) is 11.7 Å². The first-order valence-electron chi connectivity index (χ1n) is 8.27. The molecule has 24 heavy (non-hydrogen) atoms. The minimum absolute atomic E-state index is 0.0946. The second-order valence-corrected chi connectivity index (χ2v) is 6.29. The molecule has 7 nitrogen and oxygen atoms in total. The summed E-state index contributed by atoms with van der Waals surface area (Å²) in [6.45, 7) is 3.58. The van der Waals surface area contributed by atoms with Crippen molar-refractivity contribution in [3.05, 3.63) is 30.2 Å². The number of aromatic nitrogens is 2. The first-order chi connectivity index (χ1) is 11.7. The Kier molecular flexibility index (Phi) is 3.93. The quantitative estimate of drug-likeness (QED) is 0.937. The molecular weight excluding hydrogens is 308 g/mol. The smallest absolute Gasteiger partial charge is 0.322 e. The molecule has 1 unspecified atom stereocenters. The maximum absolute atomic E-state index is 12.8. The van der Waals surface area contributed by atoms with Gasteiger partial charge in [0.25, 0.3) is 0 Å². The molecule has 2 heterocycles. The van der Waals surface area contributed by atoms with E-state index in [4.69, 9.17) is 9.26 Å². The highest BCUT2D eigenvalue weighted by Gasteiger charge is 2.39. The van der Waals surface area contributed by atoms with Gasteiger partial charge in [-0.05, 0) is 30.9 Å². The fourth-order valence-electron chi connectivity index (χ4n) is 3.13. The summed E-state index contributed by atoms with van der Waals surface area (Å²) in [4.78, 5) is 18.9. The first kappa shape index (κ1) is 15.1. The number of ether oxygens (including phenoxy) is 1. The summed E-state index contributed by atoms with van der Waals surface area (Å²) in [5.74, 6) is 1.54. The number of para-hydroxylation sites is 1. The van der Waals surface area contributed by atoms with Crippen molar-refractivity contribution in [2.24, 2.45) is 5.92 Å². The molecule has 1 saturated carbocycles. The zero-order valence-electron chi connectivity index (χ0n) is 13.6. The maximum Gasteiger partial charge on any atom is 0.322 e. The van der Waals surface area contributed by atoms with Gasteiger partial charge in [-0.25, -0.2) is 4.79 Å². The van der Waals surface area contributed by atoms with Crippen molar-refractivity contribution in [2.45, 2.75) is 25.8 Å². The van der Waals surface area contributed by atoms with Crippen molar-refractivity contribution in [3.8, 4) is 11.4 Å².